The fraction of sp³-hybridized carbons (Fsp3) is 0.647. The van der Waals surface area contributed by atoms with E-state index in [1.54, 1.807) is 6.07 Å². The lowest BCUT2D eigenvalue weighted by Gasteiger charge is -2.42. The molecular weight excluding hydrogens is 287 g/mol. The molecule has 0 radical (unpaired) electrons. The van der Waals surface area contributed by atoms with Crippen LogP contribution in [-0.4, -0.2) is 30.1 Å². The summed E-state index contributed by atoms with van der Waals surface area (Å²) in [6.07, 6.45) is 2.68. The van der Waals surface area contributed by atoms with Crippen molar-refractivity contribution >= 4 is 11.6 Å². The van der Waals surface area contributed by atoms with Crippen LogP contribution in [0.5, 0.6) is 0 Å². The van der Waals surface area contributed by atoms with Gasteiger partial charge in [0, 0.05) is 42.3 Å². The zero-order valence-corrected chi connectivity index (χ0v) is 13.5. The Morgan fingerprint density at radius 2 is 2.14 bits per heavy atom. The van der Waals surface area contributed by atoms with Gasteiger partial charge in [0.15, 0.2) is 0 Å². The van der Waals surface area contributed by atoms with Gasteiger partial charge in [-0.15, -0.1) is 0 Å². The summed E-state index contributed by atoms with van der Waals surface area (Å²) in [7, 11) is 0. The lowest BCUT2D eigenvalue weighted by Crippen LogP contribution is -2.58. The highest BCUT2D eigenvalue weighted by Crippen LogP contribution is 2.35. The summed E-state index contributed by atoms with van der Waals surface area (Å²) in [6, 6.07) is 6.07. The maximum Gasteiger partial charge on any atom is 0.129 e. The van der Waals surface area contributed by atoms with Gasteiger partial charge in [-0.3, -0.25) is 4.90 Å². The van der Waals surface area contributed by atoms with Gasteiger partial charge in [-0.25, -0.2) is 4.39 Å². The quantitative estimate of drug-likeness (QED) is 0.912. The fourth-order valence-electron chi connectivity index (χ4n) is 3.38. The van der Waals surface area contributed by atoms with Crippen molar-refractivity contribution in [2.75, 3.05) is 13.1 Å². The average molecular weight is 311 g/mol. The van der Waals surface area contributed by atoms with E-state index >= 15 is 0 Å². The highest BCUT2D eigenvalue weighted by Gasteiger charge is 2.38. The molecule has 0 bridgehead atoms. The van der Waals surface area contributed by atoms with E-state index in [1.807, 2.05) is 6.07 Å². The fourth-order valence-corrected chi connectivity index (χ4v) is 3.53. The summed E-state index contributed by atoms with van der Waals surface area (Å²) in [4.78, 5) is 2.45. The second-order valence-corrected chi connectivity index (χ2v) is 7.27. The Bertz CT molecular complexity index is 502. The zero-order valence-electron chi connectivity index (χ0n) is 12.8. The van der Waals surface area contributed by atoms with Crippen LogP contribution in [-0.2, 0) is 6.54 Å². The van der Waals surface area contributed by atoms with Crippen molar-refractivity contribution in [3.8, 4) is 0 Å². The van der Waals surface area contributed by atoms with Gasteiger partial charge in [-0.2, -0.15) is 0 Å². The average Bonchev–Trinajstić information content (AvgIpc) is 3.26. The van der Waals surface area contributed by atoms with Crippen LogP contribution in [0.4, 0.5) is 4.39 Å². The first-order valence-electron chi connectivity index (χ1n) is 7.96. The minimum Gasteiger partial charge on any atom is -0.311 e. The maximum absolute atomic E-state index is 14.1. The molecule has 2 unspecified atom stereocenters. The van der Waals surface area contributed by atoms with E-state index < -0.39 is 0 Å². The lowest BCUT2D eigenvalue weighted by molar-refractivity contribution is 0.0841. The molecule has 0 amide bonds. The molecule has 1 saturated carbocycles. The van der Waals surface area contributed by atoms with Crippen LogP contribution in [0.25, 0.3) is 0 Å². The molecule has 1 heterocycles. The molecule has 1 saturated heterocycles. The molecule has 21 heavy (non-hydrogen) atoms. The molecule has 2 fully saturated rings. The number of piperazine rings is 1. The molecule has 1 aliphatic heterocycles. The molecule has 1 aromatic carbocycles. The number of benzene rings is 1. The third-order valence-corrected chi connectivity index (χ3v) is 5.07. The third-order valence-electron chi connectivity index (χ3n) is 4.84. The van der Waals surface area contributed by atoms with E-state index in [2.05, 4.69) is 24.1 Å². The largest absolute Gasteiger partial charge is 0.311 e. The Morgan fingerprint density at radius 1 is 1.38 bits per heavy atom. The first-order chi connectivity index (χ1) is 10.0. The summed E-state index contributed by atoms with van der Waals surface area (Å²) in [6.45, 7) is 7.20. The van der Waals surface area contributed by atoms with Crippen LogP contribution >= 0.6 is 11.6 Å². The van der Waals surface area contributed by atoms with Gasteiger partial charge >= 0.3 is 0 Å². The molecule has 2 nitrogen and oxygen atoms in total. The highest BCUT2D eigenvalue weighted by atomic mass is 35.5. The molecule has 2 atom stereocenters. The van der Waals surface area contributed by atoms with Crippen LogP contribution in [0.3, 0.4) is 0 Å². The Hall–Kier alpha value is -0.640. The number of hydrogen-bond acceptors (Lipinski definition) is 2. The normalized spacial score (nSPS) is 27.3. The predicted molar refractivity (Wildman–Crippen MR) is 85.0 cm³/mol. The topological polar surface area (TPSA) is 15.3 Å². The molecule has 1 aliphatic carbocycles. The first kappa shape index (κ1) is 15.3. The van der Waals surface area contributed by atoms with Gasteiger partial charge in [0.05, 0.1) is 0 Å². The van der Waals surface area contributed by atoms with Gasteiger partial charge < -0.3 is 5.32 Å². The van der Waals surface area contributed by atoms with Gasteiger partial charge in [0.2, 0.25) is 0 Å². The van der Waals surface area contributed by atoms with Gasteiger partial charge in [-0.1, -0.05) is 31.5 Å². The van der Waals surface area contributed by atoms with Crippen LogP contribution in [0, 0.1) is 17.7 Å². The van der Waals surface area contributed by atoms with Crippen molar-refractivity contribution in [2.45, 2.75) is 45.3 Å². The Morgan fingerprint density at radius 3 is 2.76 bits per heavy atom. The number of rotatable bonds is 4. The lowest BCUT2D eigenvalue weighted by atomic mass is 9.96. The van der Waals surface area contributed by atoms with Crippen LogP contribution < -0.4 is 5.32 Å². The van der Waals surface area contributed by atoms with Crippen molar-refractivity contribution in [1.29, 1.82) is 0 Å². The predicted octanol–water partition coefficient (Wildman–Crippen LogP) is 3.69. The number of nitrogens with zero attached hydrogens (tertiary/aromatic N) is 1. The van der Waals surface area contributed by atoms with E-state index in [-0.39, 0.29) is 5.82 Å². The molecule has 0 aromatic heterocycles. The molecule has 3 rings (SSSR count). The number of halogens is 2. The molecule has 0 spiro atoms. The molecule has 116 valence electrons. The van der Waals surface area contributed by atoms with E-state index in [9.17, 15) is 4.39 Å². The summed E-state index contributed by atoms with van der Waals surface area (Å²) >= 11 is 5.85. The zero-order chi connectivity index (χ0) is 15.0. The van der Waals surface area contributed by atoms with Crippen molar-refractivity contribution in [2.24, 2.45) is 11.8 Å². The second-order valence-electron chi connectivity index (χ2n) is 6.83. The van der Waals surface area contributed by atoms with Crippen LogP contribution in [0.2, 0.25) is 5.02 Å². The molecular formula is C17H24ClFN2. The third kappa shape index (κ3) is 3.58. The molecule has 4 heteroatoms. The van der Waals surface area contributed by atoms with Gasteiger partial charge in [0.1, 0.15) is 5.82 Å². The molecule has 1 N–H and O–H groups in total. The molecule has 1 aromatic rings. The smallest absolute Gasteiger partial charge is 0.129 e. The Kier molecular flexibility index (Phi) is 4.53. The van der Waals surface area contributed by atoms with Gasteiger partial charge in [-0.05, 0) is 36.8 Å². The minimum atomic E-state index is -0.188. The number of hydrogen-bond donors (Lipinski definition) is 1. The SMILES string of the molecule is CC(C)C1CNC(C2CC2)CN1Cc1ccc(Cl)cc1F. The Balaban J connectivity index is 1.74. The van der Waals surface area contributed by atoms with Crippen molar-refractivity contribution in [1.82, 2.24) is 10.2 Å². The molecule has 2 aliphatic rings. The summed E-state index contributed by atoms with van der Waals surface area (Å²) in [5, 5.41) is 4.16. The van der Waals surface area contributed by atoms with Crippen molar-refractivity contribution < 1.29 is 4.39 Å². The summed E-state index contributed by atoms with van der Waals surface area (Å²) < 4.78 is 14.1. The van der Waals surface area contributed by atoms with Crippen molar-refractivity contribution in [3.05, 3.63) is 34.6 Å². The van der Waals surface area contributed by atoms with Crippen LogP contribution in [0.15, 0.2) is 18.2 Å². The van der Waals surface area contributed by atoms with E-state index in [0.29, 0.717) is 29.6 Å². The maximum atomic E-state index is 14.1. The highest BCUT2D eigenvalue weighted by molar-refractivity contribution is 6.30. The first-order valence-corrected chi connectivity index (χ1v) is 8.33. The summed E-state index contributed by atoms with van der Waals surface area (Å²) in [5.41, 5.74) is 0.751. The van der Waals surface area contributed by atoms with E-state index in [4.69, 9.17) is 11.6 Å². The number of nitrogens with one attached hydrogen (secondary N) is 1. The van der Waals surface area contributed by atoms with Gasteiger partial charge in [0.25, 0.3) is 0 Å². The second kappa shape index (κ2) is 6.23. The van der Waals surface area contributed by atoms with E-state index in [1.165, 1.54) is 18.9 Å². The minimum absolute atomic E-state index is 0.188. The van der Waals surface area contributed by atoms with Crippen molar-refractivity contribution in [3.63, 3.8) is 0 Å². The summed E-state index contributed by atoms with van der Waals surface area (Å²) in [5.74, 6) is 1.20. The standard InChI is InChI=1S/C17H24ClFN2/c1-11(2)17-8-20-16(12-3-4-12)10-21(17)9-13-5-6-14(18)7-15(13)19/h5-7,11-12,16-17,20H,3-4,8-10H2,1-2H3. The van der Waals surface area contributed by atoms with E-state index in [0.717, 1.165) is 24.6 Å². The van der Waals surface area contributed by atoms with Crippen LogP contribution in [0.1, 0.15) is 32.3 Å². The Labute approximate surface area is 131 Å². The monoisotopic (exact) mass is 310 g/mol.